The van der Waals surface area contributed by atoms with Crippen LogP contribution in [0, 0.1) is 0 Å². The number of aromatic nitrogens is 5. The van der Waals surface area contributed by atoms with Crippen molar-refractivity contribution in [2.24, 2.45) is 7.05 Å². The van der Waals surface area contributed by atoms with Crippen LogP contribution in [-0.4, -0.2) is 48.0 Å². The number of carbonyl (C=O) groups excluding carboxylic acids is 1. The molecule has 1 aliphatic heterocycles. The maximum Gasteiger partial charge on any atom is 0.345 e. The largest absolute Gasteiger partial charge is 0.345 e. The monoisotopic (exact) mass is 394 g/mol. The van der Waals surface area contributed by atoms with E-state index in [9.17, 15) is 9.59 Å². The van der Waals surface area contributed by atoms with Crippen LogP contribution in [0.2, 0.25) is 0 Å². The molecule has 1 saturated heterocycles. The first kappa shape index (κ1) is 19.2. The van der Waals surface area contributed by atoms with Crippen LogP contribution >= 0.6 is 0 Å². The second-order valence-corrected chi connectivity index (χ2v) is 7.50. The summed E-state index contributed by atoms with van der Waals surface area (Å²) in [4.78, 5) is 27.3. The Balaban J connectivity index is 1.52. The molecule has 0 unspecified atom stereocenters. The number of piperidine rings is 1. The van der Waals surface area contributed by atoms with Gasteiger partial charge >= 0.3 is 5.69 Å². The molecule has 0 saturated carbocycles. The van der Waals surface area contributed by atoms with Gasteiger partial charge in [0.15, 0.2) is 0 Å². The first-order valence-corrected chi connectivity index (χ1v) is 10.1. The van der Waals surface area contributed by atoms with E-state index in [-0.39, 0.29) is 17.5 Å². The molecule has 0 radical (unpaired) electrons. The summed E-state index contributed by atoms with van der Waals surface area (Å²) in [5.41, 5.74) is 1.62. The van der Waals surface area contributed by atoms with Crippen LogP contribution in [0.1, 0.15) is 47.4 Å². The van der Waals surface area contributed by atoms with Crippen molar-refractivity contribution >= 4 is 5.91 Å². The van der Waals surface area contributed by atoms with E-state index in [1.54, 1.807) is 17.8 Å². The average molecular weight is 394 g/mol. The van der Waals surface area contributed by atoms with Crippen LogP contribution in [0.15, 0.2) is 47.5 Å². The molecule has 8 heteroatoms. The van der Waals surface area contributed by atoms with Gasteiger partial charge in [0, 0.05) is 50.6 Å². The Morgan fingerprint density at radius 3 is 2.90 bits per heavy atom. The SMILES string of the molecule is CCn1c([C@H]2CCCN(C(=O)c3cccc(Cn4cccn4)c3)C2)nn(C)c1=O. The number of amides is 1. The maximum atomic E-state index is 13.2. The molecule has 1 aliphatic rings. The lowest BCUT2D eigenvalue weighted by Gasteiger charge is -2.32. The summed E-state index contributed by atoms with van der Waals surface area (Å²) < 4.78 is 4.94. The quantitative estimate of drug-likeness (QED) is 0.662. The van der Waals surface area contributed by atoms with Crippen molar-refractivity contribution in [3.05, 3.63) is 70.2 Å². The van der Waals surface area contributed by atoms with Crippen molar-refractivity contribution in [1.82, 2.24) is 29.0 Å². The minimum Gasteiger partial charge on any atom is -0.338 e. The van der Waals surface area contributed by atoms with Gasteiger partial charge in [-0.1, -0.05) is 12.1 Å². The molecule has 8 nitrogen and oxygen atoms in total. The second kappa shape index (κ2) is 8.06. The zero-order valence-corrected chi connectivity index (χ0v) is 16.9. The first-order valence-electron chi connectivity index (χ1n) is 10.1. The zero-order chi connectivity index (χ0) is 20.4. The van der Waals surface area contributed by atoms with E-state index in [4.69, 9.17) is 0 Å². The molecule has 1 atom stereocenters. The predicted molar refractivity (Wildman–Crippen MR) is 109 cm³/mol. The Hall–Kier alpha value is -3.16. The Morgan fingerprint density at radius 2 is 2.14 bits per heavy atom. The number of hydrogen-bond donors (Lipinski definition) is 0. The molecular formula is C21H26N6O2. The molecule has 3 heterocycles. The number of aryl methyl sites for hydroxylation is 1. The van der Waals surface area contributed by atoms with Crippen LogP contribution in [0.4, 0.5) is 0 Å². The highest BCUT2D eigenvalue weighted by atomic mass is 16.2. The lowest BCUT2D eigenvalue weighted by Crippen LogP contribution is -2.40. The van der Waals surface area contributed by atoms with Crippen molar-refractivity contribution in [2.45, 2.75) is 38.8 Å². The van der Waals surface area contributed by atoms with Gasteiger partial charge < -0.3 is 4.90 Å². The first-order chi connectivity index (χ1) is 14.1. The Labute approximate surface area is 169 Å². The van der Waals surface area contributed by atoms with Gasteiger partial charge in [0.05, 0.1) is 6.54 Å². The summed E-state index contributed by atoms with van der Waals surface area (Å²) in [6.07, 6.45) is 5.48. The van der Waals surface area contributed by atoms with Gasteiger partial charge in [0.2, 0.25) is 0 Å². The number of rotatable bonds is 5. The molecule has 3 aromatic rings. The second-order valence-electron chi connectivity index (χ2n) is 7.50. The van der Waals surface area contributed by atoms with Gasteiger partial charge in [-0.2, -0.15) is 10.2 Å². The molecule has 0 spiro atoms. The number of nitrogens with zero attached hydrogens (tertiary/aromatic N) is 6. The van der Waals surface area contributed by atoms with Crippen molar-refractivity contribution in [2.75, 3.05) is 13.1 Å². The fourth-order valence-corrected chi connectivity index (χ4v) is 4.06. The third-order valence-electron chi connectivity index (χ3n) is 5.50. The summed E-state index contributed by atoms with van der Waals surface area (Å²) in [6, 6.07) is 9.61. The van der Waals surface area contributed by atoms with E-state index in [1.807, 2.05) is 53.0 Å². The van der Waals surface area contributed by atoms with E-state index < -0.39 is 0 Å². The summed E-state index contributed by atoms with van der Waals surface area (Å²) in [7, 11) is 1.68. The van der Waals surface area contributed by atoms with Crippen molar-refractivity contribution in [3.8, 4) is 0 Å². The fourth-order valence-electron chi connectivity index (χ4n) is 4.06. The number of hydrogen-bond acceptors (Lipinski definition) is 4. The molecule has 1 fully saturated rings. The van der Waals surface area contributed by atoms with Crippen molar-refractivity contribution < 1.29 is 4.79 Å². The number of benzene rings is 1. The summed E-state index contributed by atoms with van der Waals surface area (Å²) in [5.74, 6) is 0.886. The predicted octanol–water partition coefficient (Wildman–Crippen LogP) is 1.87. The lowest BCUT2D eigenvalue weighted by atomic mass is 9.96. The molecule has 2 aromatic heterocycles. The van der Waals surface area contributed by atoms with Gasteiger partial charge in [-0.15, -0.1) is 0 Å². The van der Waals surface area contributed by atoms with E-state index in [2.05, 4.69) is 10.2 Å². The third kappa shape index (κ3) is 3.87. The van der Waals surface area contributed by atoms with Crippen LogP contribution < -0.4 is 5.69 Å². The van der Waals surface area contributed by atoms with E-state index in [0.29, 0.717) is 25.2 Å². The lowest BCUT2D eigenvalue weighted by molar-refractivity contribution is 0.0703. The third-order valence-corrected chi connectivity index (χ3v) is 5.50. The standard InChI is InChI=1S/C21H26N6O2/c1-3-27-19(23-24(2)21(27)29)18-9-5-11-25(15-18)20(28)17-8-4-7-16(13-17)14-26-12-6-10-22-26/h4,6-8,10,12-13,18H,3,5,9,11,14-15H2,1-2H3/t18-/m0/s1. The van der Waals surface area contributed by atoms with Crippen molar-refractivity contribution in [1.29, 1.82) is 0 Å². The number of carbonyl (C=O) groups is 1. The molecule has 1 amide bonds. The smallest absolute Gasteiger partial charge is 0.338 e. The van der Waals surface area contributed by atoms with Crippen LogP contribution in [-0.2, 0) is 20.1 Å². The Bertz CT molecular complexity index is 1050. The van der Waals surface area contributed by atoms with E-state index >= 15 is 0 Å². The van der Waals surface area contributed by atoms with Crippen LogP contribution in [0.5, 0.6) is 0 Å². The van der Waals surface area contributed by atoms with Gasteiger partial charge in [-0.3, -0.25) is 14.0 Å². The highest BCUT2D eigenvalue weighted by Crippen LogP contribution is 2.26. The normalized spacial score (nSPS) is 16.9. The van der Waals surface area contributed by atoms with Gasteiger partial charge in [0.25, 0.3) is 5.91 Å². The van der Waals surface area contributed by atoms with Gasteiger partial charge in [0.1, 0.15) is 5.82 Å². The topological polar surface area (TPSA) is 78.0 Å². The molecule has 0 aliphatic carbocycles. The molecule has 1 aromatic carbocycles. The van der Waals surface area contributed by atoms with E-state index in [0.717, 1.165) is 30.8 Å². The fraction of sp³-hybridized carbons (Fsp3) is 0.429. The van der Waals surface area contributed by atoms with Crippen LogP contribution in [0.3, 0.4) is 0 Å². The number of likely N-dealkylation sites (tertiary alicyclic amines) is 1. The van der Waals surface area contributed by atoms with Crippen molar-refractivity contribution in [3.63, 3.8) is 0 Å². The minimum absolute atomic E-state index is 0.0262. The van der Waals surface area contributed by atoms with Crippen LogP contribution in [0.25, 0.3) is 0 Å². The highest BCUT2D eigenvalue weighted by Gasteiger charge is 2.29. The average Bonchev–Trinajstić information content (AvgIpc) is 3.35. The highest BCUT2D eigenvalue weighted by molar-refractivity contribution is 5.94. The molecule has 29 heavy (non-hydrogen) atoms. The molecule has 0 N–H and O–H groups in total. The summed E-state index contributed by atoms with van der Waals surface area (Å²) in [5, 5.41) is 8.68. The Morgan fingerprint density at radius 1 is 1.28 bits per heavy atom. The zero-order valence-electron chi connectivity index (χ0n) is 16.9. The molecule has 0 bridgehead atoms. The van der Waals surface area contributed by atoms with Gasteiger partial charge in [-0.25, -0.2) is 9.48 Å². The maximum absolute atomic E-state index is 13.2. The van der Waals surface area contributed by atoms with Gasteiger partial charge in [-0.05, 0) is 43.5 Å². The summed E-state index contributed by atoms with van der Waals surface area (Å²) >= 11 is 0. The Kier molecular flexibility index (Phi) is 5.33. The van der Waals surface area contributed by atoms with E-state index in [1.165, 1.54) is 4.68 Å². The minimum atomic E-state index is -0.0997. The molecule has 4 rings (SSSR count). The summed E-state index contributed by atoms with van der Waals surface area (Å²) in [6.45, 7) is 4.47. The molecular weight excluding hydrogens is 368 g/mol. The molecule has 152 valence electrons.